The molecule has 0 radical (unpaired) electrons. The number of amides is 1. The second-order valence-corrected chi connectivity index (χ2v) is 4.07. The summed E-state index contributed by atoms with van der Waals surface area (Å²) in [5, 5.41) is 2.79. The highest BCUT2D eigenvalue weighted by molar-refractivity contribution is 7.80. The van der Waals surface area contributed by atoms with E-state index in [1.54, 1.807) is 12.1 Å². The average molecular weight is 252 g/mol. The van der Waals surface area contributed by atoms with Gasteiger partial charge in [-0.2, -0.15) is 0 Å². The Hall–Kier alpha value is -1.62. The van der Waals surface area contributed by atoms with Crippen LogP contribution in [0.2, 0.25) is 0 Å². The first kappa shape index (κ1) is 13.4. The third-order valence-corrected chi connectivity index (χ3v) is 2.13. The van der Waals surface area contributed by atoms with Gasteiger partial charge in [0.25, 0.3) is 0 Å². The van der Waals surface area contributed by atoms with Crippen LogP contribution >= 0.6 is 12.2 Å². The van der Waals surface area contributed by atoms with Crippen LogP contribution in [0.25, 0.3) is 0 Å². The molecule has 0 aliphatic rings. The van der Waals surface area contributed by atoms with Crippen molar-refractivity contribution in [2.45, 2.75) is 19.8 Å². The number of para-hydroxylation sites is 2. The molecule has 0 bridgehead atoms. The average Bonchev–Trinajstić information content (AvgIpc) is 2.28. The minimum Gasteiger partial charge on any atom is -0.484 e. The van der Waals surface area contributed by atoms with Gasteiger partial charge in [-0.25, -0.2) is 0 Å². The molecule has 0 aromatic heterocycles. The number of benzene rings is 1. The van der Waals surface area contributed by atoms with E-state index in [9.17, 15) is 4.79 Å². The van der Waals surface area contributed by atoms with Crippen LogP contribution in [0.4, 0.5) is 5.69 Å². The van der Waals surface area contributed by atoms with Gasteiger partial charge in [0, 0.05) is 6.42 Å². The number of hydrogen-bond donors (Lipinski definition) is 2. The van der Waals surface area contributed by atoms with Crippen molar-refractivity contribution in [1.29, 1.82) is 0 Å². The van der Waals surface area contributed by atoms with E-state index in [0.29, 0.717) is 17.9 Å². The lowest BCUT2D eigenvalue weighted by Crippen LogP contribution is -2.19. The number of ether oxygens (including phenoxy) is 1. The molecule has 5 heteroatoms. The number of anilines is 1. The zero-order valence-electron chi connectivity index (χ0n) is 9.73. The molecule has 3 N–H and O–H groups in total. The van der Waals surface area contributed by atoms with Crippen LogP contribution in [-0.4, -0.2) is 17.5 Å². The van der Waals surface area contributed by atoms with Gasteiger partial charge in [0.15, 0.2) is 0 Å². The molecule has 0 aliphatic carbocycles. The van der Waals surface area contributed by atoms with Crippen molar-refractivity contribution >= 4 is 28.8 Å². The number of carbonyl (C=O) groups excluding carboxylic acids is 1. The first-order valence-electron chi connectivity index (χ1n) is 5.43. The van der Waals surface area contributed by atoms with Gasteiger partial charge >= 0.3 is 0 Å². The summed E-state index contributed by atoms with van der Waals surface area (Å²) in [5.74, 6) is 0.545. The highest BCUT2D eigenvalue weighted by Crippen LogP contribution is 2.23. The molecule has 92 valence electrons. The molecular formula is C12H16N2O2S. The lowest BCUT2D eigenvalue weighted by Gasteiger charge is -2.11. The predicted molar refractivity (Wildman–Crippen MR) is 72.3 cm³/mol. The van der Waals surface area contributed by atoms with Crippen LogP contribution in [0.5, 0.6) is 5.75 Å². The van der Waals surface area contributed by atoms with Crippen LogP contribution < -0.4 is 15.8 Å². The molecule has 0 saturated heterocycles. The highest BCUT2D eigenvalue weighted by atomic mass is 32.1. The molecule has 0 spiro atoms. The van der Waals surface area contributed by atoms with E-state index >= 15 is 0 Å². The molecular weight excluding hydrogens is 236 g/mol. The molecule has 0 atom stereocenters. The fourth-order valence-electron chi connectivity index (χ4n) is 1.28. The molecule has 0 aliphatic heterocycles. The smallest absolute Gasteiger partial charge is 0.224 e. The van der Waals surface area contributed by atoms with Gasteiger partial charge in [0.05, 0.1) is 5.69 Å². The number of carbonyl (C=O) groups is 1. The van der Waals surface area contributed by atoms with Crippen molar-refractivity contribution in [1.82, 2.24) is 0 Å². The molecule has 17 heavy (non-hydrogen) atoms. The summed E-state index contributed by atoms with van der Waals surface area (Å²) in [5.41, 5.74) is 6.00. The summed E-state index contributed by atoms with van der Waals surface area (Å²) in [6.45, 7) is 2.12. The minimum atomic E-state index is -0.0288. The Bertz CT molecular complexity index is 407. The topological polar surface area (TPSA) is 64.3 Å². The summed E-state index contributed by atoms with van der Waals surface area (Å²) in [7, 11) is 0. The van der Waals surface area contributed by atoms with Crippen molar-refractivity contribution < 1.29 is 9.53 Å². The van der Waals surface area contributed by atoms with Crippen LogP contribution in [0.15, 0.2) is 24.3 Å². The third-order valence-electron chi connectivity index (χ3n) is 2.01. The fourth-order valence-corrected chi connectivity index (χ4v) is 1.34. The first-order valence-corrected chi connectivity index (χ1v) is 5.84. The van der Waals surface area contributed by atoms with E-state index < -0.39 is 0 Å². The summed E-state index contributed by atoms with van der Waals surface area (Å²) < 4.78 is 5.40. The standard InChI is InChI=1S/C12H16N2O2S/c1-2-5-12(15)14-9-6-3-4-7-10(9)16-8-11(13)17/h3-4,6-7H,2,5,8H2,1H3,(H2,13,17)(H,14,15). The summed E-state index contributed by atoms with van der Waals surface area (Å²) in [4.78, 5) is 11.8. The number of nitrogens with two attached hydrogens (primary N) is 1. The molecule has 1 aromatic carbocycles. The quantitative estimate of drug-likeness (QED) is 0.761. The molecule has 1 amide bonds. The van der Waals surface area contributed by atoms with Gasteiger partial charge < -0.3 is 15.8 Å². The summed E-state index contributed by atoms with van der Waals surface area (Å²) in [6, 6.07) is 7.20. The number of rotatable bonds is 6. The van der Waals surface area contributed by atoms with Gasteiger partial charge in [-0.3, -0.25) is 4.79 Å². The van der Waals surface area contributed by atoms with E-state index in [0.717, 1.165) is 6.42 Å². The largest absolute Gasteiger partial charge is 0.484 e. The second-order valence-electron chi connectivity index (χ2n) is 3.55. The van der Waals surface area contributed by atoms with E-state index in [1.807, 2.05) is 19.1 Å². The Balaban J connectivity index is 2.70. The Morgan fingerprint density at radius 2 is 2.18 bits per heavy atom. The maximum absolute atomic E-state index is 11.5. The van der Waals surface area contributed by atoms with Gasteiger partial charge in [0.1, 0.15) is 17.3 Å². The number of nitrogens with one attached hydrogen (secondary N) is 1. The first-order chi connectivity index (χ1) is 8.13. The normalized spacial score (nSPS) is 9.71. The van der Waals surface area contributed by atoms with Crippen molar-refractivity contribution in [3.8, 4) is 5.75 Å². The predicted octanol–water partition coefficient (Wildman–Crippen LogP) is 2.09. The number of hydrogen-bond acceptors (Lipinski definition) is 3. The zero-order chi connectivity index (χ0) is 12.7. The van der Waals surface area contributed by atoms with Crippen LogP contribution in [0.3, 0.4) is 0 Å². The van der Waals surface area contributed by atoms with Crippen LogP contribution in [0.1, 0.15) is 19.8 Å². The van der Waals surface area contributed by atoms with Gasteiger partial charge in [-0.15, -0.1) is 0 Å². The third kappa shape index (κ3) is 4.82. The Morgan fingerprint density at radius 1 is 1.47 bits per heavy atom. The van der Waals surface area contributed by atoms with Gasteiger partial charge in [0.2, 0.25) is 5.91 Å². The van der Waals surface area contributed by atoms with Crippen molar-refractivity contribution in [3.05, 3.63) is 24.3 Å². The summed E-state index contributed by atoms with van der Waals surface area (Å²) in [6.07, 6.45) is 1.30. The van der Waals surface area contributed by atoms with Crippen LogP contribution in [-0.2, 0) is 4.79 Å². The maximum atomic E-state index is 11.5. The Morgan fingerprint density at radius 3 is 2.82 bits per heavy atom. The molecule has 0 heterocycles. The van der Waals surface area contributed by atoms with Gasteiger partial charge in [-0.05, 0) is 18.6 Å². The highest BCUT2D eigenvalue weighted by Gasteiger charge is 2.06. The molecule has 0 saturated carbocycles. The van der Waals surface area contributed by atoms with Crippen LogP contribution in [0, 0.1) is 0 Å². The minimum absolute atomic E-state index is 0.0288. The van der Waals surface area contributed by atoms with E-state index in [2.05, 4.69) is 5.32 Å². The fraction of sp³-hybridized carbons (Fsp3) is 0.333. The number of thiocarbonyl (C=S) groups is 1. The molecule has 0 unspecified atom stereocenters. The lowest BCUT2D eigenvalue weighted by atomic mass is 10.2. The SMILES string of the molecule is CCCC(=O)Nc1ccccc1OCC(N)=S. The summed E-state index contributed by atoms with van der Waals surface area (Å²) >= 11 is 4.73. The van der Waals surface area contributed by atoms with E-state index in [1.165, 1.54) is 0 Å². The Labute approximate surface area is 106 Å². The zero-order valence-corrected chi connectivity index (χ0v) is 10.5. The monoisotopic (exact) mass is 252 g/mol. The molecule has 1 aromatic rings. The maximum Gasteiger partial charge on any atom is 0.224 e. The van der Waals surface area contributed by atoms with E-state index in [4.69, 9.17) is 22.7 Å². The lowest BCUT2D eigenvalue weighted by molar-refractivity contribution is -0.116. The Kier molecular flexibility index (Phi) is 5.42. The molecule has 4 nitrogen and oxygen atoms in total. The second kappa shape index (κ2) is 6.85. The molecule has 0 fully saturated rings. The van der Waals surface area contributed by atoms with Gasteiger partial charge in [-0.1, -0.05) is 31.3 Å². The van der Waals surface area contributed by atoms with Crippen molar-refractivity contribution in [3.63, 3.8) is 0 Å². The van der Waals surface area contributed by atoms with Crippen molar-refractivity contribution in [2.24, 2.45) is 5.73 Å². The van der Waals surface area contributed by atoms with Crippen molar-refractivity contribution in [2.75, 3.05) is 11.9 Å². The molecule has 1 rings (SSSR count). The van der Waals surface area contributed by atoms with E-state index in [-0.39, 0.29) is 17.5 Å².